The second-order valence-electron chi connectivity index (χ2n) is 2.90. The maximum Gasteiger partial charge on any atom is 0.328 e. The van der Waals surface area contributed by atoms with Crippen molar-refractivity contribution >= 4 is 11.8 Å². The van der Waals surface area contributed by atoms with Crippen LogP contribution >= 0.6 is 0 Å². The molecule has 1 aliphatic rings. The molecule has 1 aromatic rings. The van der Waals surface area contributed by atoms with Gasteiger partial charge in [-0.15, -0.1) is 0 Å². The summed E-state index contributed by atoms with van der Waals surface area (Å²) in [6.07, 6.45) is 1.60. The molecule has 13 heavy (non-hydrogen) atoms. The molecular weight excluding hydrogens is 172 g/mol. The second kappa shape index (κ2) is 2.74. The lowest BCUT2D eigenvalue weighted by atomic mass is 10.3. The van der Waals surface area contributed by atoms with E-state index in [0.29, 0.717) is 5.82 Å². The predicted molar refractivity (Wildman–Crippen MR) is 45.3 cm³/mol. The Balaban J connectivity index is 2.36. The van der Waals surface area contributed by atoms with Crippen molar-refractivity contribution < 1.29 is 9.90 Å². The number of nitrogens with one attached hydrogen (secondary N) is 1. The molecule has 1 atom stereocenters. The maximum atomic E-state index is 10.6. The highest BCUT2D eigenvalue weighted by atomic mass is 16.4. The summed E-state index contributed by atoms with van der Waals surface area (Å²) < 4.78 is 1.79. The number of hydrogen-bond acceptors (Lipinski definition) is 4. The zero-order valence-corrected chi connectivity index (χ0v) is 6.90. The van der Waals surface area contributed by atoms with Crippen molar-refractivity contribution in [3.8, 4) is 0 Å². The topological polar surface area (TPSA) is 93.2 Å². The van der Waals surface area contributed by atoms with Gasteiger partial charge in [-0.25, -0.2) is 4.98 Å². The summed E-state index contributed by atoms with van der Waals surface area (Å²) in [7, 11) is 0. The molecule has 0 radical (unpaired) electrons. The summed E-state index contributed by atoms with van der Waals surface area (Å²) >= 11 is 0. The van der Waals surface area contributed by atoms with Crippen LogP contribution in [-0.4, -0.2) is 27.2 Å². The molecule has 0 saturated heterocycles. The van der Waals surface area contributed by atoms with E-state index < -0.39 is 12.0 Å². The normalized spacial score (nSPS) is 16.4. The van der Waals surface area contributed by atoms with Gasteiger partial charge in [0.25, 0.3) is 0 Å². The van der Waals surface area contributed by atoms with Crippen LogP contribution in [0.1, 0.15) is 11.9 Å². The van der Waals surface area contributed by atoms with Crippen LogP contribution in [-0.2, 0) is 11.3 Å². The van der Waals surface area contributed by atoms with E-state index in [2.05, 4.69) is 10.3 Å². The van der Waals surface area contributed by atoms with Crippen LogP contribution in [0.3, 0.4) is 0 Å². The smallest absolute Gasteiger partial charge is 0.328 e. The first-order valence-electron chi connectivity index (χ1n) is 3.98. The standard InChI is InChI=1S/C7H10N4O2/c8-5(7(12)13)6-10-3-4-9-1-2-11(4)6/h3,5,9H,1-2,8H2,(H,12,13). The number of anilines is 1. The fraction of sp³-hybridized carbons (Fsp3) is 0.429. The van der Waals surface area contributed by atoms with Crippen molar-refractivity contribution in [3.05, 3.63) is 12.0 Å². The Labute approximate surface area is 74.4 Å². The molecule has 2 heterocycles. The average molecular weight is 182 g/mol. The lowest BCUT2D eigenvalue weighted by molar-refractivity contribution is -0.138. The Morgan fingerprint density at radius 3 is 3.31 bits per heavy atom. The number of nitrogens with two attached hydrogens (primary N) is 1. The molecule has 0 saturated carbocycles. The largest absolute Gasteiger partial charge is 0.480 e. The molecule has 0 spiro atoms. The van der Waals surface area contributed by atoms with Crippen molar-refractivity contribution in [2.45, 2.75) is 12.6 Å². The molecule has 6 heteroatoms. The minimum Gasteiger partial charge on any atom is -0.480 e. The van der Waals surface area contributed by atoms with Crippen LogP contribution in [0.4, 0.5) is 5.82 Å². The van der Waals surface area contributed by atoms with Crippen molar-refractivity contribution in [1.82, 2.24) is 9.55 Å². The fourth-order valence-electron chi connectivity index (χ4n) is 1.42. The van der Waals surface area contributed by atoms with Crippen LogP contribution in [0.25, 0.3) is 0 Å². The number of nitrogens with zero attached hydrogens (tertiary/aromatic N) is 2. The summed E-state index contributed by atoms with van der Waals surface area (Å²) in [5, 5.41) is 11.8. The molecular formula is C7H10N4O2. The van der Waals surface area contributed by atoms with Gasteiger partial charge < -0.3 is 20.7 Å². The van der Waals surface area contributed by atoms with Crippen LogP contribution in [0, 0.1) is 0 Å². The Morgan fingerprint density at radius 2 is 2.62 bits per heavy atom. The highest BCUT2D eigenvalue weighted by Gasteiger charge is 2.23. The number of aliphatic carboxylic acids is 1. The molecule has 2 rings (SSSR count). The van der Waals surface area contributed by atoms with Gasteiger partial charge in [-0.3, -0.25) is 4.79 Å². The molecule has 1 aromatic heterocycles. The summed E-state index contributed by atoms with van der Waals surface area (Å²) in [6.45, 7) is 1.53. The van der Waals surface area contributed by atoms with Crippen LogP contribution in [0.5, 0.6) is 0 Å². The van der Waals surface area contributed by atoms with Gasteiger partial charge in [-0.1, -0.05) is 0 Å². The second-order valence-corrected chi connectivity index (χ2v) is 2.90. The van der Waals surface area contributed by atoms with Gasteiger partial charge in [0.1, 0.15) is 11.6 Å². The third kappa shape index (κ3) is 1.15. The van der Waals surface area contributed by atoms with E-state index in [0.717, 1.165) is 18.9 Å². The lowest BCUT2D eigenvalue weighted by Crippen LogP contribution is -2.24. The minimum absolute atomic E-state index is 0.410. The van der Waals surface area contributed by atoms with Crippen molar-refractivity contribution in [3.63, 3.8) is 0 Å². The zero-order chi connectivity index (χ0) is 9.42. The molecule has 0 aromatic carbocycles. The number of carboxylic acid groups (broad SMARTS) is 1. The molecule has 70 valence electrons. The van der Waals surface area contributed by atoms with Gasteiger partial charge in [0.05, 0.1) is 6.20 Å². The molecule has 0 amide bonds. The van der Waals surface area contributed by atoms with E-state index in [-0.39, 0.29) is 0 Å². The van der Waals surface area contributed by atoms with E-state index in [9.17, 15) is 4.79 Å². The fourth-order valence-corrected chi connectivity index (χ4v) is 1.42. The number of fused-ring (bicyclic) bond motifs is 1. The zero-order valence-electron chi connectivity index (χ0n) is 6.90. The monoisotopic (exact) mass is 182 g/mol. The number of aromatic nitrogens is 2. The number of rotatable bonds is 2. The van der Waals surface area contributed by atoms with Gasteiger partial charge >= 0.3 is 5.97 Å². The molecule has 6 nitrogen and oxygen atoms in total. The van der Waals surface area contributed by atoms with Crippen LogP contribution in [0.15, 0.2) is 6.20 Å². The van der Waals surface area contributed by atoms with E-state index in [4.69, 9.17) is 10.8 Å². The van der Waals surface area contributed by atoms with E-state index >= 15 is 0 Å². The Hall–Kier alpha value is -1.56. The molecule has 4 N–H and O–H groups in total. The predicted octanol–water partition coefficient (Wildman–Crippen LogP) is -0.607. The first-order valence-corrected chi connectivity index (χ1v) is 3.98. The molecule has 0 aliphatic carbocycles. The highest BCUT2D eigenvalue weighted by molar-refractivity contribution is 5.74. The Kier molecular flexibility index (Phi) is 1.70. The minimum atomic E-state index is -1.06. The quantitative estimate of drug-likeness (QED) is 0.567. The number of carbonyl (C=O) groups is 1. The molecule has 0 bridgehead atoms. The van der Waals surface area contributed by atoms with Crippen molar-refractivity contribution in [1.29, 1.82) is 0 Å². The SMILES string of the molecule is NC(C(=O)O)c1ncc2n1CCN2. The lowest BCUT2D eigenvalue weighted by Gasteiger charge is -2.06. The number of hydrogen-bond donors (Lipinski definition) is 3. The van der Waals surface area contributed by atoms with Gasteiger partial charge in [0.2, 0.25) is 0 Å². The summed E-state index contributed by atoms with van der Waals surface area (Å²) in [5.41, 5.74) is 5.44. The molecule has 0 fully saturated rings. The molecule has 1 unspecified atom stereocenters. The summed E-state index contributed by atoms with van der Waals surface area (Å²) in [6, 6.07) is -1.03. The third-order valence-corrected chi connectivity index (χ3v) is 2.07. The number of imidazole rings is 1. The van der Waals surface area contributed by atoms with Crippen molar-refractivity contribution in [2.24, 2.45) is 5.73 Å². The van der Waals surface area contributed by atoms with Gasteiger partial charge in [0.15, 0.2) is 6.04 Å². The average Bonchev–Trinajstić information content (AvgIpc) is 2.61. The van der Waals surface area contributed by atoms with Crippen molar-refractivity contribution in [2.75, 3.05) is 11.9 Å². The highest BCUT2D eigenvalue weighted by Crippen LogP contribution is 2.19. The van der Waals surface area contributed by atoms with Gasteiger partial charge in [-0.05, 0) is 0 Å². The number of carboxylic acids is 1. The van der Waals surface area contributed by atoms with Gasteiger partial charge in [-0.2, -0.15) is 0 Å². The Bertz CT molecular complexity index is 346. The van der Waals surface area contributed by atoms with E-state index in [1.165, 1.54) is 0 Å². The molecule has 1 aliphatic heterocycles. The summed E-state index contributed by atoms with van der Waals surface area (Å²) in [4.78, 5) is 14.6. The van der Waals surface area contributed by atoms with Crippen LogP contribution in [0.2, 0.25) is 0 Å². The Morgan fingerprint density at radius 1 is 1.85 bits per heavy atom. The van der Waals surface area contributed by atoms with E-state index in [1.54, 1.807) is 10.8 Å². The summed E-state index contributed by atoms with van der Waals surface area (Å²) in [5.74, 6) is 0.194. The van der Waals surface area contributed by atoms with Gasteiger partial charge in [0, 0.05) is 13.1 Å². The third-order valence-electron chi connectivity index (χ3n) is 2.07. The van der Waals surface area contributed by atoms with Crippen LogP contribution < -0.4 is 11.1 Å². The first-order chi connectivity index (χ1) is 6.20. The first kappa shape index (κ1) is 8.06. The van der Waals surface area contributed by atoms with E-state index in [1.807, 2.05) is 0 Å². The maximum absolute atomic E-state index is 10.6.